The van der Waals surface area contributed by atoms with Crippen molar-refractivity contribution >= 4 is 12.6 Å². The number of benzene rings is 1. The lowest BCUT2D eigenvalue weighted by atomic mass is 10.2. The van der Waals surface area contributed by atoms with E-state index in [1.807, 2.05) is 6.92 Å². The Labute approximate surface area is 83.3 Å². The summed E-state index contributed by atoms with van der Waals surface area (Å²) in [6.07, 6.45) is 0. The Morgan fingerprint density at radius 3 is 2.92 bits per heavy atom. The first kappa shape index (κ1) is 10.4. The molecule has 0 spiro atoms. The fraction of sp³-hybridized carbons (Fsp3) is 0.400. The van der Waals surface area contributed by atoms with Crippen molar-refractivity contribution in [2.75, 3.05) is 12.4 Å². The van der Waals surface area contributed by atoms with E-state index >= 15 is 0 Å². The summed E-state index contributed by atoms with van der Waals surface area (Å²) in [5.41, 5.74) is 0. The number of rotatable bonds is 4. The molecule has 0 fully saturated rings. The van der Waals surface area contributed by atoms with Crippen LogP contribution >= 0.6 is 12.6 Å². The fourth-order valence-corrected chi connectivity index (χ4v) is 0.953. The zero-order chi connectivity index (χ0) is 9.68. The molecule has 0 radical (unpaired) electrons. The minimum absolute atomic E-state index is 0.268. The Kier molecular flexibility index (Phi) is 4.09. The second kappa shape index (κ2) is 5.12. The van der Waals surface area contributed by atoms with Gasteiger partial charge in [0.25, 0.3) is 0 Å². The molecule has 0 N–H and O–H groups in total. The predicted octanol–water partition coefficient (Wildman–Crippen LogP) is 2.77. The van der Waals surface area contributed by atoms with E-state index in [0.29, 0.717) is 18.3 Å². The molecule has 0 bridgehead atoms. The maximum Gasteiger partial charge on any atom is 0.126 e. The smallest absolute Gasteiger partial charge is 0.126 e. The highest BCUT2D eigenvalue weighted by Gasteiger charge is 2.00. The van der Waals surface area contributed by atoms with Crippen LogP contribution in [0.25, 0.3) is 0 Å². The van der Waals surface area contributed by atoms with Crippen LogP contribution in [0, 0.1) is 11.7 Å². The molecule has 1 rings (SSSR count). The Hall–Kier alpha value is -0.700. The molecular formula is C10H13FOS. The average molecular weight is 200 g/mol. The molecule has 0 saturated carbocycles. The highest BCUT2D eigenvalue weighted by molar-refractivity contribution is 7.80. The third kappa shape index (κ3) is 3.68. The minimum Gasteiger partial charge on any atom is -0.493 e. The highest BCUT2D eigenvalue weighted by Crippen LogP contribution is 2.13. The molecule has 0 aliphatic rings. The second-order valence-corrected chi connectivity index (χ2v) is 3.42. The average Bonchev–Trinajstić information content (AvgIpc) is 2.14. The van der Waals surface area contributed by atoms with Gasteiger partial charge in [-0.3, -0.25) is 0 Å². The van der Waals surface area contributed by atoms with Crippen molar-refractivity contribution in [2.45, 2.75) is 6.92 Å². The third-order valence-corrected chi connectivity index (χ3v) is 2.27. The van der Waals surface area contributed by atoms with Crippen LogP contribution < -0.4 is 4.74 Å². The van der Waals surface area contributed by atoms with Crippen LogP contribution in [0.5, 0.6) is 5.75 Å². The lowest BCUT2D eigenvalue weighted by Crippen LogP contribution is -2.09. The van der Waals surface area contributed by atoms with Crippen molar-refractivity contribution in [3.63, 3.8) is 0 Å². The number of thiol groups is 1. The molecule has 0 aliphatic carbocycles. The zero-order valence-corrected chi connectivity index (χ0v) is 8.43. The van der Waals surface area contributed by atoms with E-state index in [2.05, 4.69) is 12.6 Å². The van der Waals surface area contributed by atoms with E-state index in [1.165, 1.54) is 12.1 Å². The van der Waals surface area contributed by atoms with Crippen molar-refractivity contribution in [3.05, 3.63) is 30.1 Å². The van der Waals surface area contributed by atoms with Crippen molar-refractivity contribution in [1.29, 1.82) is 0 Å². The molecule has 1 aromatic rings. The Balaban J connectivity index is 2.45. The number of hydrogen-bond acceptors (Lipinski definition) is 2. The lowest BCUT2D eigenvalue weighted by Gasteiger charge is -2.10. The summed E-state index contributed by atoms with van der Waals surface area (Å²) in [5.74, 6) is 1.46. The van der Waals surface area contributed by atoms with Crippen LogP contribution in [0.3, 0.4) is 0 Å². The van der Waals surface area contributed by atoms with Gasteiger partial charge >= 0.3 is 0 Å². The van der Waals surface area contributed by atoms with Gasteiger partial charge in [-0.2, -0.15) is 12.6 Å². The monoisotopic (exact) mass is 200 g/mol. The minimum atomic E-state index is -0.268. The summed E-state index contributed by atoms with van der Waals surface area (Å²) >= 11 is 4.13. The molecule has 0 amide bonds. The summed E-state index contributed by atoms with van der Waals surface area (Å²) < 4.78 is 18.0. The van der Waals surface area contributed by atoms with Gasteiger partial charge in [0.15, 0.2) is 0 Å². The van der Waals surface area contributed by atoms with Gasteiger partial charge in [-0.15, -0.1) is 0 Å². The van der Waals surface area contributed by atoms with Crippen LogP contribution in [0.1, 0.15) is 6.92 Å². The normalized spacial score (nSPS) is 12.5. The molecule has 13 heavy (non-hydrogen) atoms. The van der Waals surface area contributed by atoms with Crippen molar-refractivity contribution in [2.24, 2.45) is 5.92 Å². The van der Waals surface area contributed by atoms with Crippen LogP contribution in [0.15, 0.2) is 24.3 Å². The van der Waals surface area contributed by atoms with E-state index in [4.69, 9.17) is 4.74 Å². The van der Waals surface area contributed by atoms with Crippen LogP contribution in [0.4, 0.5) is 4.39 Å². The SMILES string of the molecule is CC(CS)COc1cccc(F)c1. The van der Waals surface area contributed by atoms with Crippen molar-refractivity contribution in [3.8, 4) is 5.75 Å². The van der Waals surface area contributed by atoms with Crippen molar-refractivity contribution < 1.29 is 9.13 Å². The largest absolute Gasteiger partial charge is 0.493 e. The van der Waals surface area contributed by atoms with Gasteiger partial charge in [-0.05, 0) is 23.8 Å². The molecule has 0 heterocycles. The maximum atomic E-state index is 12.7. The van der Waals surface area contributed by atoms with E-state index < -0.39 is 0 Å². The van der Waals surface area contributed by atoms with Gasteiger partial charge in [-0.25, -0.2) is 4.39 Å². The molecule has 0 aliphatic heterocycles. The molecule has 1 aromatic carbocycles. The van der Waals surface area contributed by atoms with E-state index in [9.17, 15) is 4.39 Å². The Morgan fingerprint density at radius 1 is 1.54 bits per heavy atom. The molecular weight excluding hydrogens is 187 g/mol. The van der Waals surface area contributed by atoms with Gasteiger partial charge in [0.05, 0.1) is 6.61 Å². The number of hydrogen-bond donors (Lipinski definition) is 1. The highest BCUT2D eigenvalue weighted by atomic mass is 32.1. The number of halogens is 1. The van der Waals surface area contributed by atoms with Gasteiger partial charge in [0.1, 0.15) is 11.6 Å². The number of ether oxygens (including phenoxy) is 1. The summed E-state index contributed by atoms with van der Waals surface area (Å²) in [6, 6.07) is 6.16. The Morgan fingerprint density at radius 2 is 2.31 bits per heavy atom. The van der Waals surface area contributed by atoms with Gasteiger partial charge in [0, 0.05) is 6.07 Å². The molecule has 0 aromatic heterocycles. The Bertz CT molecular complexity index is 265. The van der Waals surface area contributed by atoms with Crippen LogP contribution in [-0.4, -0.2) is 12.4 Å². The van der Waals surface area contributed by atoms with E-state index in [-0.39, 0.29) is 5.82 Å². The van der Waals surface area contributed by atoms with Gasteiger partial charge in [0.2, 0.25) is 0 Å². The standard InChI is InChI=1S/C10H13FOS/c1-8(7-13)6-12-10-4-2-3-9(11)5-10/h2-5,8,13H,6-7H2,1H3. The zero-order valence-electron chi connectivity index (χ0n) is 7.53. The summed E-state index contributed by atoms with van der Waals surface area (Å²) in [7, 11) is 0. The first-order valence-electron chi connectivity index (χ1n) is 4.21. The van der Waals surface area contributed by atoms with Crippen LogP contribution in [-0.2, 0) is 0 Å². The molecule has 3 heteroatoms. The van der Waals surface area contributed by atoms with Crippen molar-refractivity contribution in [1.82, 2.24) is 0 Å². The van der Waals surface area contributed by atoms with Gasteiger partial charge < -0.3 is 4.74 Å². The summed E-state index contributed by atoms with van der Waals surface area (Å²) in [5, 5.41) is 0. The third-order valence-electron chi connectivity index (χ3n) is 1.64. The fourth-order valence-electron chi connectivity index (χ4n) is 0.848. The molecule has 1 atom stereocenters. The lowest BCUT2D eigenvalue weighted by molar-refractivity contribution is 0.272. The van der Waals surface area contributed by atoms with E-state index in [1.54, 1.807) is 12.1 Å². The first-order valence-corrected chi connectivity index (χ1v) is 4.85. The molecule has 1 nitrogen and oxygen atoms in total. The van der Waals surface area contributed by atoms with E-state index in [0.717, 1.165) is 5.75 Å². The quantitative estimate of drug-likeness (QED) is 0.735. The molecule has 0 saturated heterocycles. The maximum absolute atomic E-state index is 12.7. The first-order chi connectivity index (χ1) is 6.22. The summed E-state index contributed by atoms with van der Waals surface area (Å²) in [6.45, 7) is 2.61. The molecule has 72 valence electrons. The summed E-state index contributed by atoms with van der Waals surface area (Å²) in [4.78, 5) is 0. The van der Waals surface area contributed by atoms with Gasteiger partial charge in [-0.1, -0.05) is 13.0 Å². The van der Waals surface area contributed by atoms with Crippen LogP contribution in [0.2, 0.25) is 0 Å². The predicted molar refractivity (Wildman–Crippen MR) is 54.9 cm³/mol. The molecule has 1 unspecified atom stereocenters. The topological polar surface area (TPSA) is 9.23 Å². The second-order valence-electron chi connectivity index (χ2n) is 3.06.